The first kappa shape index (κ1) is 18.1. The molecule has 2 aromatic rings. The lowest BCUT2D eigenvalue weighted by molar-refractivity contribution is -0.113. The molecule has 0 bridgehead atoms. The second-order valence-corrected chi connectivity index (χ2v) is 6.14. The molecule has 1 amide bonds. The maximum absolute atomic E-state index is 13.7. The van der Waals surface area contributed by atoms with Crippen molar-refractivity contribution < 1.29 is 18.3 Å². The van der Waals surface area contributed by atoms with Gasteiger partial charge in [0, 0.05) is 37.0 Å². The van der Waals surface area contributed by atoms with E-state index in [0.717, 1.165) is 12.1 Å². The normalized spacial score (nSPS) is 14.7. The SMILES string of the molecule is COc1ccc(NC(=O)C2=CCN(Cc3ccc(F)cc3)CC2)cc1F. The van der Waals surface area contributed by atoms with Crippen LogP contribution in [0.2, 0.25) is 0 Å². The van der Waals surface area contributed by atoms with Gasteiger partial charge in [0.05, 0.1) is 7.11 Å². The number of methoxy groups -OCH3 is 1. The zero-order valence-electron chi connectivity index (χ0n) is 14.5. The van der Waals surface area contributed by atoms with Gasteiger partial charge in [-0.1, -0.05) is 18.2 Å². The number of benzene rings is 2. The molecule has 136 valence electrons. The summed E-state index contributed by atoms with van der Waals surface area (Å²) in [6, 6.07) is 10.7. The Morgan fingerprint density at radius 3 is 2.58 bits per heavy atom. The van der Waals surface area contributed by atoms with Crippen LogP contribution in [-0.4, -0.2) is 31.0 Å². The topological polar surface area (TPSA) is 41.6 Å². The molecule has 1 aliphatic heterocycles. The van der Waals surface area contributed by atoms with E-state index >= 15 is 0 Å². The molecule has 0 spiro atoms. The van der Waals surface area contributed by atoms with Crippen molar-refractivity contribution in [2.75, 3.05) is 25.5 Å². The number of halogens is 2. The molecule has 0 saturated heterocycles. The van der Waals surface area contributed by atoms with Gasteiger partial charge in [0.2, 0.25) is 0 Å². The van der Waals surface area contributed by atoms with Gasteiger partial charge in [-0.15, -0.1) is 0 Å². The Morgan fingerprint density at radius 2 is 1.96 bits per heavy atom. The molecule has 26 heavy (non-hydrogen) atoms. The van der Waals surface area contributed by atoms with E-state index in [1.54, 1.807) is 18.2 Å². The minimum Gasteiger partial charge on any atom is -0.494 e. The lowest BCUT2D eigenvalue weighted by atomic mass is 10.1. The summed E-state index contributed by atoms with van der Waals surface area (Å²) in [6.45, 7) is 2.07. The number of nitrogens with one attached hydrogen (secondary N) is 1. The van der Waals surface area contributed by atoms with Crippen LogP contribution in [0.15, 0.2) is 54.1 Å². The smallest absolute Gasteiger partial charge is 0.251 e. The molecule has 4 nitrogen and oxygen atoms in total. The quantitative estimate of drug-likeness (QED) is 0.885. The molecule has 0 atom stereocenters. The van der Waals surface area contributed by atoms with Crippen LogP contribution in [0, 0.1) is 11.6 Å². The summed E-state index contributed by atoms with van der Waals surface area (Å²) >= 11 is 0. The molecule has 1 heterocycles. The number of carbonyl (C=O) groups excluding carboxylic acids is 1. The summed E-state index contributed by atoms with van der Waals surface area (Å²) in [5, 5.41) is 2.71. The largest absolute Gasteiger partial charge is 0.494 e. The Bertz CT molecular complexity index is 819. The monoisotopic (exact) mass is 358 g/mol. The van der Waals surface area contributed by atoms with Crippen molar-refractivity contribution in [2.45, 2.75) is 13.0 Å². The van der Waals surface area contributed by atoms with Gasteiger partial charge in [-0.25, -0.2) is 8.78 Å². The van der Waals surface area contributed by atoms with Crippen LogP contribution in [-0.2, 0) is 11.3 Å². The fraction of sp³-hybridized carbons (Fsp3) is 0.250. The molecule has 0 saturated carbocycles. The van der Waals surface area contributed by atoms with E-state index in [-0.39, 0.29) is 17.5 Å². The zero-order chi connectivity index (χ0) is 18.5. The van der Waals surface area contributed by atoms with Crippen molar-refractivity contribution >= 4 is 11.6 Å². The van der Waals surface area contributed by atoms with Crippen LogP contribution in [0.25, 0.3) is 0 Å². The summed E-state index contributed by atoms with van der Waals surface area (Å²) in [5.74, 6) is -0.859. The molecule has 0 fully saturated rings. The summed E-state index contributed by atoms with van der Waals surface area (Å²) < 4.78 is 31.5. The van der Waals surface area contributed by atoms with Gasteiger partial charge < -0.3 is 10.1 Å². The van der Waals surface area contributed by atoms with Crippen LogP contribution >= 0.6 is 0 Å². The maximum atomic E-state index is 13.7. The number of anilines is 1. The van der Waals surface area contributed by atoms with Crippen molar-refractivity contribution in [2.24, 2.45) is 0 Å². The molecular weight excluding hydrogens is 338 g/mol. The zero-order valence-corrected chi connectivity index (χ0v) is 14.5. The fourth-order valence-corrected chi connectivity index (χ4v) is 2.86. The molecule has 2 aromatic carbocycles. The molecular formula is C20H20F2N2O2. The molecule has 0 aliphatic carbocycles. The number of carbonyl (C=O) groups is 1. The van der Waals surface area contributed by atoms with Gasteiger partial charge in [0.15, 0.2) is 11.6 Å². The fourth-order valence-electron chi connectivity index (χ4n) is 2.86. The average molecular weight is 358 g/mol. The van der Waals surface area contributed by atoms with E-state index in [2.05, 4.69) is 10.2 Å². The molecule has 6 heteroatoms. The Kier molecular flexibility index (Phi) is 5.63. The molecule has 1 N–H and O–H groups in total. The summed E-state index contributed by atoms with van der Waals surface area (Å²) in [6.07, 6.45) is 2.48. The second kappa shape index (κ2) is 8.10. The van der Waals surface area contributed by atoms with Crippen molar-refractivity contribution in [1.29, 1.82) is 0 Å². The highest BCUT2D eigenvalue weighted by atomic mass is 19.1. The highest BCUT2D eigenvalue weighted by Gasteiger charge is 2.17. The Labute approximate surface area is 151 Å². The van der Waals surface area contributed by atoms with Crippen molar-refractivity contribution in [1.82, 2.24) is 4.90 Å². The van der Waals surface area contributed by atoms with Crippen LogP contribution in [0.5, 0.6) is 5.75 Å². The first-order valence-electron chi connectivity index (χ1n) is 8.36. The lowest BCUT2D eigenvalue weighted by Crippen LogP contribution is -2.31. The van der Waals surface area contributed by atoms with E-state index in [1.165, 1.54) is 31.4 Å². The first-order valence-corrected chi connectivity index (χ1v) is 8.36. The average Bonchev–Trinajstić information content (AvgIpc) is 2.64. The third kappa shape index (κ3) is 4.46. The number of ether oxygens (including phenoxy) is 1. The van der Waals surface area contributed by atoms with Gasteiger partial charge in [0.1, 0.15) is 5.82 Å². The van der Waals surface area contributed by atoms with Gasteiger partial charge in [-0.3, -0.25) is 9.69 Å². The van der Waals surface area contributed by atoms with E-state index in [0.29, 0.717) is 30.8 Å². The van der Waals surface area contributed by atoms with Gasteiger partial charge in [-0.05, 0) is 36.2 Å². The lowest BCUT2D eigenvalue weighted by Gasteiger charge is -2.26. The van der Waals surface area contributed by atoms with Crippen LogP contribution in [0.1, 0.15) is 12.0 Å². The first-order chi connectivity index (χ1) is 12.5. The molecule has 0 radical (unpaired) electrons. The van der Waals surface area contributed by atoms with Crippen LogP contribution < -0.4 is 10.1 Å². The number of nitrogens with zero attached hydrogens (tertiary/aromatic N) is 1. The van der Waals surface area contributed by atoms with E-state index in [1.807, 2.05) is 6.08 Å². The van der Waals surface area contributed by atoms with Gasteiger partial charge in [-0.2, -0.15) is 0 Å². The van der Waals surface area contributed by atoms with E-state index in [4.69, 9.17) is 4.74 Å². The molecule has 0 unspecified atom stereocenters. The number of amides is 1. The molecule has 1 aliphatic rings. The van der Waals surface area contributed by atoms with Crippen molar-refractivity contribution in [3.05, 3.63) is 71.3 Å². The minimum absolute atomic E-state index is 0.135. The summed E-state index contributed by atoms with van der Waals surface area (Å²) in [4.78, 5) is 14.5. The number of hydrogen-bond donors (Lipinski definition) is 1. The van der Waals surface area contributed by atoms with Gasteiger partial charge in [0.25, 0.3) is 5.91 Å². The minimum atomic E-state index is -0.520. The van der Waals surface area contributed by atoms with Gasteiger partial charge >= 0.3 is 0 Å². The summed E-state index contributed by atoms with van der Waals surface area (Å²) in [5.41, 5.74) is 2.10. The predicted octanol–water partition coefficient (Wildman–Crippen LogP) is 3.74. The number of hydrogen-bond acceptors (Lipinski definition) is 3. The van der Waals surface area contributed by atoms with Crippen LogP contribution in [0.3, 0.4) is 0 Å². The Morgan fingerprint density at radius 1 is 1.19 bits per heavy atom. The highest BCUT2D eigenvalue weighted by Crippen LogP contribution is 2.22. The summed E-state index contributed by atoms with van der Waals surface area (Å²) in [7, 11) is 1.39. The van der Waals surface area contributed by atoms with E-state index in [9.17, 15) is 13.6 Å². The van der Waals surface area contributed by atoms with E-state index < -0.39 is 5.82 Å². The Hall–Kier alpha value is -2.73. The van der Waals surface area contributed by atoms with Crippen molar-refractivity contribution in [3.63, 3.8) is 0 Å². The highest BCUT2D eigenvalue weighted by molar-refractivity contribution is 6.03. The maximum Gasteiger partial charge on any atom is 0.251 e. The van der Waals surface area contributed by atoms with Crippen molar-refractivity contribution in [3.8, 4) is 5.75 Å². The standard InChI is InChI=1S/C20H20F2N2O2/c1-26-19-7-6-17(12-18(19)22)23-20(25)15-8-10-24(11-9-15)13-14-2-4-16(21)5-3-14/h2-8,12H,9-11,13H2,1H3,(H,23,25). The Balaban J connectivity index is 1.57. The number of rotatable bonds is 5. The molecule has 3 rings (SSSR count). The van der Waals surface area contributed by atoms with Crippen LogP contribution in [0.4, 0.5) is 14.5 Å². The molecule has 0 aromatic heterocycles. The third-order valence-electron chi connectivity index (χ3n) is 4.31. The predicted molar refractivity (Wildman–Crippen MR) is 96.0 cm³/mol. The second-order valence-electron chi connectivity index (χ2n) is 6.14. The third-order valence-corrected chi connectivity index (χ3v) is 4.31.